The highest BCUT2D eigenvalue weighted by molar-refractivity contribution is 5.34. The first-order valence-electron chi connectivity index (χ1n) is 5.11. The summed E-state index contributed by atoms with van der Waals surface area (Å²) in [6.07, 6.45) is 0.684. The van der Waals surface area contributed by atoms with E-state index in [0.29, 0.717) is 18.6 Å². The van der Waals surface area contributed by atoms with Crippen LogP contribution in [0.2, 0.25) is 0 Å². The molecule has 0 unspecified atom stereocenters. The average molecular weight is 214 g/mol. The minimum Gasteiger partial charge on any atom is -0.494 e. The summed E-state index contributed by atoms with van der Waals surface area (Å²) in [6, 6.07) is 11.2. The van der Waals surface area contributed by atoms with Crippen LogP contribution in [0, 0.1) is 28.1 Å². The molecule has 0 aromatic heterocycles. The highest BCUT2D eigenvalue weighted by Crippen LogP contribution is 2.19. The molecule has 0 amide bonds. The van der Waals surface area contributed by atoms with Crippen LogP contribution in [-0.2, 0) is 0 Å². The van der Waals surface area contributed by atoms with Crippen molar-refractivity contribution in [2.24, 2.45) is 5.41 Å². The summed E-state index contributed by atoms with van der Waals surface area (Å²) < 4.78 is 5.48. The molecule has 82 valence electrons. The van der Waals surface area contributed by atoms with Crippen molar-refractivity contribution in [2.75, 3.05) is 6.61 Å². The Balaban J connectivity index is 2.45. The predicted octanol–water partition coefficient (Wildman–Crippen LogP) is 2.88. The topological polar surface area (TPSA) is 56.8 Å². The summed E-state index contributed by atoms with van der Waals surface area (Å²) in [7, 11) is 0. The van der Waals surface area contributed by atoms with Crippen LogP contribution in [0.4, 0.5) is 0 Å². The maximum atomic E-state index is 8.82. The summed E-state index contributed by atoms with van der Waals surface area (Å²) in [4.78, 5) is 0. The maximum absolute atomic E-state index is 8.82. The molecule has 0 aliphatic heterocycles. The smallest absolute Gasteiger partial charge is 0.119 e. The highest BCUT2D eigenvalue weighted by Gasteiger charge is 2.16. The molecule has 3 nitrogen and oxygen atoms in total. The third kappa shape index (κ3) is 3.63. The lowest BCUT2D eigenvalue weighted by atomic mass is 9.92. The van der Waals surface area contributed by atoms with Gasteiger partial charge in [0.2, 0.25) is 0 Å². The van der Waals surface area contributed by atoms with Crippen LogP contribution in [-0.4, -0.2) is 6.61 Å². The number of hydrogen-bond acceptors (Lipinski definition) is 3. The summed E-state index contributed by atoms with van der Waals surface area (Å²) >= 11 is 0. The first-order valence-corrected chi connectivity index (χ1v) is 5.11. The number of benzene rings is 1. The van der Waals surface area contributed by atoms with Gasteiger partial charge < -0.3 is 4.74 Å². The predicted molar refractivity (Wildman–Crippen MR) is 60.7 cm³/mol. The van der Waals surface area contributed by atoms with Crippen LogP contribution in [0.15, 0.2) is 24.3 Å². The summed E-state index contributed by atoms with van der Waals surface area (Å²) in [5.74, 6) is 0.729. The van der Waals surface area contributed by atoms with Crippen LogP contribution < -0.4 is 4.74 Å². The van der Waals surface area contributed by atoms with Crippen molar-refractivity contribution in [1.82, 2.24) is 0 Å². The van der Waals surface area contributed by atoms with Crippen LogP contribution in [0.1, 0.15) is 25.8 Å². The van der Waals surface area contributed by atoms with Crippen molar-refractivity contribution in [1.29, 1.82) is 10.5 Å². The van der Waals surface area contributed by atoms with Crippen LogP contribution >= 0.6 is 0 Å². The minimum absolute atomic E-state index is 0.355. The number of rotatable bonds is 4. The average Bonchev–Trinajstić information content (AvgIpc) is 2.30. The van der Waals surface area contributed by atoms with Gasteiger partial charge in [0, 0.05) is 0 Å². The van der Waals surface area contributed by atoms with E-state index in [4.69, 9.17) is 15.3 Å². The van der Waals surface area contributed by atoms with Gasteiger partial charge in [0.25, 0.3) is 0 Å². The zero-order valence-corrected chi connectivity index (χ0v) is 9.53. The number of nitrogens with zero attached hydrogens (tertiary/aromatic N) is 2. The van der Waals surface area contributed by atoms with Gasteiger partial charge in [-0.15, -0.1) is 0 Å². The Morgan fingerprint density at radius 3 is 2.31 bits per heavy atom. The Hall–Kier alpha value is -2.00. The van der Waals surface area contributed by atoms with Gasteiger partial charge in [-0.3, -0.25) is 0 Å². The van der Waals surface area contributed by atoms with E-state index in [1.54, 1.807) is 24.3 Å². The largest absolute Gasteiger partial charge is 0.494 e. The Labute approximate surface area is 95.9 Å². The van der Waals surface area contributed by atoms with Gasteiger partial charge in [0.05, 0.1) is 29.7 Å². The van der Waals surface area contributed by atoms with Crippen molar-refractivity contribution in [2.45, 2.75) is 20.3 Å². The third-order valence-electron chi connectivity index (χ3n) is 2.28. The van der Waals surface area contributed by atoms with Gasteiger partial charge >= 0.3 is 0 Å². The Kier molecular flexibility index (Phi) is 3.91. The zero-order chi connectivity index (χ0) is 12.0. The molecule has 0 fully saturated rings. The van der Waals surface area contributed by atoms with E-state index in [0.717, 1.165) is 5.75 Å². The Morgan fingerprint density at radius 2 is 1.81 bits per heavy atom. The minimum atomic E-state index is -0.355. The van der Waals surface area contributed by atoms with Crippen molar-refractivity contribution < 1.29 is 4.74 Å². The lowest BCUT2D eigenvalue weighted by Crippen LogP contribution is -2.13. The fourth-order valence-electron chi connectivity index (χ4n) is 1.11. The van der Waals surface area contributed by atoms with E-state index in [9.17, 15) is 0 Å². The third-order valence-corrected chi connectivity index (χ3v) is 2.28. The monoisotopic (exact) mass is 214 g/mol. The first-order chi connectivity index (χ1) is 7.57. The second kappa shape index (κ2) is 5.19. The molecular formula is C13H14N2O. The quantitative estimate of drug-likeness (QED) is 0.774. The summed E-state index contributed by atoms with van der Waals surface area (Å²) in [5.41, 5.74) is 0.261. The first kappa shape index (κ1) is 12.1. The molecule has 0 atom stereocenters. The molecule has 0 N–H and O–H groups in total. The standard InChI is InChI=1S/C13H14N2O/c1-13(2,10-15)7-8-16-12-5-3-11(9-14)4-6-12/h3-6H,7-8H2,1-2H3. The van der Waals surface area contributed by atoms with Crippen LogP contribution in [0.5, 0.6) is 5.75 Å². The van der Waals surface area contributed by atoms with E-state index >= 15 is 0 Å². The van der Waals surface area contributed by atoms with E-state index in [1.165, 1.54) is 0 Å². The van der Waals surface area contributed by atoms with Crippen molar-refractivity contribution in [3.63, 3.8) is 0 Å². The molecule has 1 aromatic rings. The molecule has 0 saturated heterocycles. The Morgan fingerprint density at radius 1 is 1.19 bits per heavy atom. The molecule has 0 radical (unpaired) electrons. The molecule has 0 aliphatic rings. The number of hydrogen-bond donors (Lipinski definition) is 0. The lowest BCUT2D eigenvalue weighted by Gasteiger charge is -2.15. The molecular weight excluding hydrogens is 200 g/mol. The molecule has 0 saturated carbocycles. The maximum Gasteiger partial charge on any atom is 0.119 e. The Bertz CT molecular complexity index is 421. The molecule has 3 heteroatoms. The highest BCUT2D eigenvalue weighted by atomic mass is 16.5. The summed E-state index contributed by atoms with van der Waals surface area (Å²) in [5, 5.41) is 17.4. The molecule has 1 rings (SSSR count). The molecule has 0 heterocycles. The number of ether oxygens (including phenoxy) is 1. The number of nitriles is 2. The normalized spacial score (nSPS) is 10.2. The van der Waals surface area contributed by atoms with Gasteiger partial charge in [0.15, 0.2) is 0 Å². The molecule has 0 spiro atoms. The van der Waals surface area contributed by atoms with Crippen LogP contribution in [0.3, 0.4) is 0 Å². The van der Waals surface area contributed by atoms with E-state index in [2.05, 4.69) is 6.07 Å². The fraction of sp³-hybridized carbons (Fsp3) is 0.385. The lowest BCUT2D eigenvalue weighted by molar-refractivity contribution is 0.264. The second-order valence-electron chi connectivity index (χ2n) is 4.23. The van der Waals surface area contributed by atoms with Crippen molar-refractivity contribution in [3.8, 4) is 17.9 Å². The molecule has 16 heavy (non-hydrogen) atoms. The van der Waals surface area contributed by atoms with Crippen molar-refractivity contribution in [3.05, 3.63) is 29.8 Å². The molecule has 0 aliphatic carbocycles. The zero-order valence-electron chi connectivity index (χ0n) is 9.53. The van der Waals surface area contributed by atoms with Gasteiger partial charge in [-0.25, -0.2) is 0 Å². The van der Waals surface area contributed by atoms with Gasteiger partial charge in [0.1, 0.15) is 5.75 Å². The SMILES string of the molecule is CC(C)(C#N)CCOc1ccc(C#N)cc1. The molecule has 0 bridgehead atoms. The van der Waals surface area contributed by atoms with Crippen LogP contribution in [0.25, 0.3) is 0 Å². The fourth-order valence-corrected chi connectivity index (χ4v) is 1.11. The second-order valence-corrected chi connectivity index (χ2v) is 4.23. The summed E-state index contributed by atoms with van der Waals surface area (Å²) in [6.45, 7) is 4.27. The van der Waals surface area contributed by atoms with E-state index < -0.39 is 0 Å². The molecule has 1 aromatic carbocycles. The van der Waals surface area contributed by atoms with Gasteiger partial charge in [-0.05, 0) is 44.5 Å². The van der Waals surface area contributed by atoms with Gasteiger partial charge in [-0.2, -0.15) is 10.5 Å². The van der Waals surface area contributed by atoms with E-state index in [-0.39, 0.29) is 5.41 Å². The van der Waals surface area contributed by atoms with Gasteiger partial charge in [-0.1, -0.05) is 0 Å². The van der Waals surface area contributed by atoms with Crippen molar-refractivity contribution >= 4 is 0 Å². The van der Waals surface area contributed by atoms with E-state index in [1.807, 2.05) is 19.9 Å².